The van der Waals surface area contributed by atoms with E-state index < -0.39 is 22.0 Å². The van der Waals surface area contributed by atoms with E-state index in [-0.39, 0.29) is 22.6 Å². The minimum atomic E-state index is -3.82. The SMILES string of the molecule is CSCC(NS(=O)(=O)c1ccc(C(C)(C)C)cc1)C(=O)NCC#N. The summed E-state index contributed by atoms with van der Waals surface area (Å²) in [5, 5.41) is 10.9. The summed E-state index contributed by atoms with van der Waals surface area (Å²) in [5.41, 5.74) is 0.947. The third-order valence-corrected chi connectivity index (χ3v) is 5.47. The normalized spacial score (nSPS) is 13.1. The third kappa shape index (κ3) is 5.82. The first-order valence-electron chi connectivity index (χ1n) is 7.38. The molecule has 1 amide bonds. The van der Waals surface area contributed by atoms with Gasteiger partial charge in [0.2, 0.25) is 15.9 Å². The van der Waals surface area contributed by atoms with Crippen molar-refractivity contribution < 1.29 is 13.2 Å². The number of hydrogen-bond donors (Lipinski definition) is 2. The Hall–Kier alpha value is -1.56. The van der Waals surface area contributed by atoms with E-state index in [1.54, 1.807) is 24.5 Å². The molecule has 0 aromatic heterocycles. The van der Waals surface area contributed by atoms with Crippen LogP contribution in [0, 0.1) is 11.3 Å². The Bertz CT molecular complexity index is 702. The molecule has 132 valence electrons. The molecule has 1 rings (SSSR count). The van der Waals surface area contributed by atoms with Crippen LogP contribution in [0.15, 0.2) is 29.2 Å². The summed E-state index contributed by atoms with van der Waals surface area (Å²) in [6, 6.07) is 7.48. The fraction of sp³-hybridized carbons (Fsp3) is 0.500. The molecule has 0 bridgehead atoms. The summed E-state index contributed by atoms with van der Waals surface area (Å²) in [6.45, 7) is 5.97. The summed E-state index contributed by atoms with van der Waals surface area (Å²) in [6.07, 6.45) is 1.77. The van der Waals surface area contributed by atoms with Crippen molar-refractivity contribution in [3.63, 3.8) is 0 Å². The molecule has 0 spiro atoms. The molecule has 1 aromatic rings. The summed E-state index contributed by atoms with van der Waals surface area (Å²) >= 11 is 1.34. The van der Waals surface area contributed by atoms with Gasteiger partial charge in [-0.1, -0.05) is 32.9 Å². The quantitative estimate of drug-likeness (QED) is 0.712. The van der Waals surface area contributed by atoms with E-state index in [1.807, 2.05) is 20.8 Å². The smallest absolute Gasteiger partial charge is 0.241 e. The van der Waals surface area contributed by atoms with Crippen LogP contribution in [0.1, 0.15) is 26.3 Å². The fourth-order valence-corrected chi connectivity index (χ4v) is 3.84. The highest BCUT2D eigenvalue weighted by molar-refractivity contribution is 7.98. The Labute approximate surface area is 148 Å². The molecule has 0 aliphatic rings. The van der Waals surface area contributed by atoms with Crippen LogP contribution in [-0.4, -0.2) is 38.9 Å². The van der Waals surface area contributed by atoms with E-state index in [0.717, 1.165) is 5.56 Å². The molecule has 0 heterocycles. The average molecular weight is 370 g/mol. The zero-order chi connectivity index (χ0) is 18.4. The highest BCUT2D eigenvalue weighted by Gasteiger charge is 2.25. The number of benzene rings is 1. The molecular formula is C16H23N3O3S2. The van der Waals surface area contributed by atoms with Crippen LogP contribution < -0.4 is 10.0 Å². The Morgan fingerprint density at radius 2 is 1.88 bits per heavy atom. The topological polar surface area (TPSA) is 99.1 Å². The lowest BCUT2D eigenvalue weighted by atomic mass is 9.87. The average Bonchev–Trinajstić information content (AvgIpc) is 2.51. The van der Waals surface area contributed by atoms with Gasteiger partial charge < -0.3 is 5.32 Å². The van der Waals surface area contributed by atoms with Crippen molar-refractivity contribution in [2.24, 2.45) is 0 Å². The fourth-order valence-electron chi connectivity index (χ4n) is 1.97. The molecule has 0 fully saturated rings. The molecule has 0 aliphatic heterocycles. The van der Waals surface area contributed by atoms with E-state index >= 15 is 0 Å². The minimum absolute atomic E-state index is 0.0751. The molecule has 0 saturated heterocycles. The van der Waals surface area contributed by atoms with Gasteiger partial charge in [-0.25, -0.2) is 8.42 Å². The number of rotatable bonds is 7. The molecule has 8 heteroatoms. The molecule has 0 saturated carbocycles. The lowest BCUT2D eigenvalue weighted by Gasteiger charge is -2.20. The van der Waals surface area contributed by atoms with Gasteiger partial charge in [0.25, 0.3) is 0 Å². The van der Waals surface area contributed by atoms with Gasteiger partial charge in [0, 0.05) is 5.75 Å². The molecule has 0 aliphatic carbocycles. The maximum Gasteiger partial charge on any atom is 0.241 e. The summed E-state index contributed by atoms with van der Waals surface area (Å²) in [5.74, 6) is -0.239. The second kappa shape index (κ2) is 8.51. The van der Waals surface area contributed by atoms with Crippen molar-refractivity contribution in [2.45, 2.75) is 37.1 Å². The van der Waals surface area contributed by atoms with E-state index in [4.69, 9.17) is 5.26 Å². The minimum Gasteiger partial charge on any atom is -0.342 e. The Morgan fingerprint density at radius 1 is 1.29 bits per heavy atom. The molecule has 6 nitrogen and oxygen atoms in total. The largest absolute Gasteiger partial charge is 0.342 e. The van der Waals surface area contributed by atoms with Crippen LogP contribution in [0.2, 0.25) is 0 Å². The van der Waals surface area contributed by atoms with Crippen molar-refractivity contribution in [1.82, 2.24) is 10.0 Å². The predicted octanol–water partition coefficient (Wildman–Crippen LogP) is 1.63. The van der Waals surface area contributed by atoms with Gasteiger partial charge in [0.1, 0.15) is 12.6 Å². The molecule has 2 N–H and O–H groups in total. The van der Waals surface area contributed by atoms with Crippen molar-refractivity contribution in [2.75, 3.05) is 18.6 Å². The Kier molecular flexibility index (Phi) is 7.27. The summed E-state index contributed by atoms with van der Waals surface area (Å²) in [4.78, 5) is 12.1. The van der Waals surface area contributed by atoms with E-state index in [0.29, 0.717) is 0 Å². The summed E-state index contributed by atoms with van der Waals surface area (Å²) < 4.78 is 27.4. The second-order valence-corrected chi connectivity index (χ2v) is 8.90. The van der Waals surface area contributed by atoms with Gasteiger partial charge in [0.15, 0.2) is 0 Å². The van der Waals surface area contributed by atoms with Crippen LogP contribution in [0.3, 0.4) is 0 Å². The van der Waals surface area contributed by atoms with Crippen molar-refractivity contribution in [3.8, 4) is 6.07 Å². The zero-order valence-corrected chi connectivity index (χ0v) is 15.9. The first kappa shape index (κ1) is 20.5. The summed E-state index contributed by atoms with van der Waals surface area (Å²) in [7, 11) is -3.82. The highest BCUT2D eigenvalue weighted by atomic mass is 32.2. The second-order valence-electron chi connectivity index (χ2n) is 6.28. The van der Waals surface area contributed by atoms with Crippen molar-refractivity contribution in [1.29, 1.82) is 5.26 Å². The Balaban J connectivity index is 2.97. The van der Waals surface area contributed by atoms with Crippen LogP contribution >= 0.6 is 11.8 Å². The Morgan fingerprint density at radius 3 is 2.33 bits per heavy atom. The van der Waals surface area contributed by atoms with Gasteiger partial charge in [-0.3, -0.25) is 4.79 Å². The molecule has 1 aromatic carbocycles. The molecule has 1 unspecified atom stereocenters. The van der Waals surface area contributed by atoms with Gasteiger partial charge >= 0.3 is 0 Å². The number of nitrogens with zero attached hydrogens (tertiary/aromatic N) is 1. The number of amides is 1. The van der Waals surface area contributed by atoms with Gasteiger partial charge in [-0.2, -0.15) is 21.7 Å². The molecule has 24 heavy (non-hydrogen) atoms. The van der Waals surface area contributed by atoms with Gasteiger partial charge in [-0.05, 0) is 29.4 Å². The van der Waals surface area contributed by atoms with Crippen LogP contribution in [0.4, 0.5) is 0 Å². The van der Waals surface area contributed by atoms with Crippen molar-refractivity contribution >= 4 is 27.7 Å². The van der Waals surface area contributed by atoms with Gasteiger partial charge in [0.05, 0.1) is 11.0 Å². The molecular weight excluding hydrogens is 346 g/mol. The maximum absolute atomic E-state index is 12.5. The highest BCUT2D eigenvalue weighted by Crippen LogP contribution is 2.23. The number of nitrogens with one attached hydrogen (secondary N) is 2. The van der Waals surface area contributed by atoms with Crippen LogP contribution in [-0.2, 0) is 20.2 Å². The molecule has 0 radical (unpaired) electrons. The number of thioether (sulfide) groups is 1. The predicted molar refractivity (Wildman–Crippen MR) is 96.3 cm³/mol. The number of hydrogen-bond acceptors (Lipinski definition) is 5. The zero-order valence-electron chi connectivity index (χ0n) is 14.3. The van der Waals surface area contributed by atoms with E-state index in [9.17, 15) is 13.2 Å². The first-order chi connectivity index (χ1) is 11.1. The van der Waals surface area contributed by atoms with E-state index in [1.165, 1.54) is 23.9 Å². The van der Waals surface area contributed by atoms with Crippen molar-refractivity contribution in [3.05, 3.63) is 29.8 Å². The standard InChI is InChI=1S/C16H23N3O3S2/c1-16(2,3)12-5-7-13(8-6-12)24(21,22)19-14(11-23-4)15(20)18-10-9-17/h5-8,14,19H,10-11H2,1-4H3,(H,18,20). The number of nitriles is 1. The van der Waals surface area contributed by atoms with E-state index in [2.05, 4.69) is 10.0 Å². The number of sulfonamides is 1. The van der Waals surface area contributed by atoms with Gasteiger partial charge in [-0.15, -0.1) is 0 Å². The van der Waals surface area contributed by atoms with Crippen LogP contribution in [0.5, 0.6) is 0 Å². The third-order valence-electron chi connectivity index (χ3n) is 3.32. The lowest BCUT2D eigenvalue weighted by Crippen LogP contribution is -2.48. The first-order valence-corrected chi connectivity index (χ1v) is 10.3. The van der Waals surface area contributed by atoms with Crippen LogP contribution in [0.25, 0.3) is 0 Å². The maximum atomic E-state index is 12.5. The number of carbonyl (C=O) groups excluding carboxylic acids is 1. The number of carbonyl (C=O) groups is 1. The molecule has 1 atom stereocenters. The monoisotopic (exact) mass is 369 g/mol. The lowest BCUT2D eigenvalue weighted by molar-refractivity contribution is -0.121.